The van der Waals surface area contributed by atoms with Gasteiger partial charge in [-0.2, -0.15) is 10.2 Å². The fraction of sp³-hybridized carbons (Fsp3) is 0.438. The Morgan fingerprint density at radius 1 is 1.26 bits per heavy atom. The number of aryl methyl sites for hydroxylation is 1. The van der Waals surface area contributed by atoms with Gasteiger partial charge in [-0.15, -0.1) is 0 Å². The van der Waals surface area contributed by atoms with Crippen LogP contribution in [-0.4, -0.2) is 44.1 Å². The average Bonchev–Trinajstić information content (AvgIpc) is 3.07. The normalized spacial score (nSPS) is 25.7. The average molecular weight is 310 g/mol. The predicted octanol–water partition coefficient (Wildman–Crippen LogP) is 0.974. The summed E-state index contributed by atoms with van der Waals surface area (Å²) in [5, 5.41) is 12.0. The van der Waals surface area contributed by atoms with Gasteiger partial charge in [-0.3, -0.25) is 4.68 Å². The van der Waals surface area contributed by atoms with Crippen molar-refractivity contribution in [3.8, 4) is 17.1 Å². The van der Waals surface area contributed by atoms with Crippen molar-refractivity contribution in [1.82, 2.24) is 29.7 Å². The molecule has 23 heavy (non-hydrogen) atoms. The minimum absolute atomic E-state index is 0.654. The van der Waals surface area contributed by atoms with E-state index in [1.54, 1.807) is 17.1 Å². The van der Waals surface area contributed by atoms with Gasteiger partial charge >= 0.3 is 0 Å². The molecule has 3 aromatic rings. The van der Waals surface area contributed by atoms with Crippen molar-refractivity contribution in [3.05, 3.63) is 30.9 Å². The number of aromatic nitrogens is 5. The van der Waals surface area contributed by atoms with E-state index in [1.807, 2.05) is 30.0 Å². The minimum Gasteiger partial charge on any atom is -0.476 e. The number of ether oxygens (including phenoxy) is 1. The summed E-state index contributed by atoms with van der Waals surface area (Å²) in [5.74, 6) is 2.90. The summed E-state index contributed by atoms with van der Waals surface area (Å²) >= 11 is 0. The molecule has 118 valence electrons. The molecule has 0 amide bonds. The summed E-state index contributed by atoms with van der Waals surface area (Å²) in [6.07, 6.45) is 7.43. The van der Waals surface area contributed by atoms with Crippen LogP contribution >= 0.6 is 0 Å². The minimum atomic E-state index is 0.654. The van der Waals surface area contributed by atoms with Crippen molar-refractivity contribution in [2.45, 2.75) is 0 Å². The first-order valence-electron chi connectivity index (χ1n) is 7.96. The fourth-order valence-electron chi connectivity index (χ4n) is 3.67. The second-order valence-electron chi connectivity index (χ2n) is 6.46. The molecule has 1 saturated carbocycles. The molecule has 1 saturated heterocycles. The molecule has 2 fully saturated rings. The molecule has 2 atom stereocenters. The molecule has 1 N–H and O–H groups in total. The molecule has 2 unspecified atom stereocenters. The second kappa shape index (κ2) is 4.79. The number of fused-ring (bicyclic) bond motifs is 2. The first-order chi connectivity index (χ1) is 11.3. The number of hydrogen-bond acceptors (Lipinski definition) is 5. The summed E-state index contributed by atoms with van der Waals surface area (Å²) in [7, 11) is 1.90. The maximum absolute atomic E-state index is 6.08. The first-order valence-corrected chi connectivity index (χ1v) is 7.96. The second-order valence-corrected chi connectivity index (χ2v) is 6.46. The van der Waals surface area contributed by atoms with Crippen molar-refractivity contribution < 1.29 is 4.74 Å². The Morgan fingerprint density at radius 3 is 2.91 bits per heavy atom. The largest absolute Gasteiger partial charge is 0.476 e. The molecule has 4 heterocycles. The van der Waals surface area contributed by atoms with Gasteiger partial charge in [0.1, 0.15) is 5.52 Å². The van der Waals surface area contributed by atoms with Crippen molar-refractivity contribution in [2.24, 2.45) is 24.8 Å². The zero-order chi connectivity index (χ0) is 15.4. The summed E-state index contributed by atoms with van der Waals surface area (Å²) in [6.45, 7) is 3.00. The summed E-state index contributed by atoms with van der Waals surface area (Å²) in [4.78, 5) is 4.70. The molecule has 5 rings (SSSR count). The highest BCUT2D eigenvalue weighted by Gasteiger charge is 2.53. The smallest absolute Gasteiger partial charge is 0.240 e. The quantitative estimate of drug-likeness (QED) is 0.778. The molecule has 0 aromatic carbocycles. The van der Waals surface area contributed by atoms with E-state index >= 15 is 0 Å². The van der Waals surface area contributed by atoms with Crippen LogP contribution in [0.3, 0.4) is 0 Å². The molecule has 1 aliphatic carbocycles. The summed E-state index contributed by atoms with van der Waals surface area (Å²) in [6, 6.07) is 1.94. The molecule has 0 spiro atoms. The van der Waals surface area contributed by atoms with Crippen LogP contribution in [0.5, 0.6) is 5.88 Å². The summed E-state index contributed by atoms with van der Waals surface area (Å²) in [5.41, 5.74) is 2.69. The monoisotopic (exact) mass is 310 g/mol. The molecular weight excluding hydrogens is 292 g/mol. The van der Waals surface area contributed by atoms with Gasteiger partial charge in [0.15, 0.2) is 0 Å². The maximum Gasteiger partial charge on any atom is 0.240 e. The topological polar surface area (TPSA) is 69.3 Å². The zero-order valence-electron chi connectivity index (χ0n) is 12.9. The zero-order valence-corrected chi connectivity index (χ0v) is 12.9. The van der Waals surface area contributed by atoms with E-state index in [-0.39, 0.29) is 0 Å². The lowest BCUT2D eigenvalue weighted by atomic mass is 10.2. The first kappa shape index (κ1) is 13.1. The molecule has 0 radical (unpaired) electrons. The van der Waals surface area contributed by atoms with Crippen molar-refractivity contribution in [2.75, 3.05) is 19.7 Å². The molecule has 3 aromatic heterocycles. The number of nitrogens with zero attached hydrogens (tertiary/aromatic N) is 5. The van der Waals surface area contributed by atoms with Gasteiger partial charge < -0.3 is 10.1 Å². The standard InChI is InChI=1S/C16H18N6O/c1-21-7-10(4-19-21)14-8-22-15(2-3-18-22)16(20-14)23-9-13-11-5-17-6-12(11)13/h2-4,7-8,11-13,17H,5-6,9H2,1H3. The van der Waals surface area contributed by atoms with Crippen LogP contribution in [0.4, 0.5) is 0 Å². The molecule has 1 aliphatic heterocycles. The van der Waals surface area contributed by atoms with E-state index in [1.165, 1.54) is 0 Å². The van der Waals surface area contributed by atoms with Crippen LogP contribution in [0.15, 0.2) is 30.9 Å². The Bertz CT molecular complexity index is 858. The SMILES string of the molecule is Cn1cc(-c2cn3nccc3c(OCC3C4CNCC43)n2)cn1. The van der Waals surface area contributed by atoms with E-state index in [4.69, 9.17) is 9.72 Å². The van der Waals surface area contributed by atoms with Crippen LogP contribution in [0, 0.1) is 17.8 Å². The molecule has 0 bridgehead atoms. The lowest BCUT2D eigenvalue weighted by Gasteiger charge is -2.10. The maximum atomic E-state index is 6.08. The number of hydrogen-bond donors (Lipinski definition) is 1. The van der Waals surface area contributed by atoms with Crippen molar-refractivity contribution in [1.29, 1.82) is 0 Å². The van der Waals surface area contributed by atoms with E-state index < -0.39 is 0 Å². The molecule has 7 heteroatoms. The third-order valence-electron chi connectivity index (χ3n) is 5.04. The van der Waals surface area contributed by atoms with Gasteiger partial charge in [0.2, 0.25) is 5.88 Å². The van der Waals surface area contributed by atoms with Gasteiger partial charge in [-0.25, -0.2) is 9.50 Å². The Kier molecular flexibility index (Phi) is 2.72. The van der Waals surface area contributed by atoms with Crippen molar-refractivity contribution in [3.63, 3.8) is 0 Å². The van der Waals surface area contributed by atoms with Gasteiger partial charge in [-0.05, 0) is 31.0 Å². The van der Waals surface area contributed by atoms with Crippen LogP contribution < -0.4 is 10.1 Å². The third kappa shape index (κ3) is 2.11. The van der Waals surface area contributed by atoms with Crippen LogP contribution in [-0.2, 0) is 7.05 Å². The lowest BCUT2D eigenvalue weighted by Crippen LogP contribution is -2.18. The van der Waals surface area contributed by atoms with Crippen LogP contribution in [0.25, 0.3) is 16.8 Å². The third-order valence-corrected chi connectivity index (χ3v) is 5.04. The van der Waals surface area contributed by atoms with E-state index in [9.17, 15) is 0 Å². The highest BCUT2D eigenvalue weighted by atomic mass is 16.5. The lowest BCUT2D eigenvalue weighted by molar-refractivity contribution is 0.273. The van der Waals surface area contributed by atoms with Gasteiger partial charge in [0, 0.05) is 24.7 Å². The Labute approximate surface area is 133 Å². The fourth-order valence-corrected chi connectivity index (χ4v) is 3.67. The number of nitrogens with one attached hydrogen (secondary N) is 1. The highest BCUT2D eigenvalue weighted by Crippen LogP contribution is 2.48. The van der Waals surface area contributed by atoms with E-state index in [2.05, 4.69) is 15.5 Å². The highest BCUT2D eigenvalue weighted by molar-refractivity contribution is 5.63. The molecule has 2 aliphatic rings. The van der Waals surface area contributed by atoms with Crippen LogP contribution in [0.1, 0.15) is 0 Å². The summed E-state index contributed by atoms with van der Waals surface area (Å²) < 4.78 is 9.67. The van der Waals surface area contributed by atoms with Gasteiger partial charge in [0.05, 0.1) is 30.9 Å². The van der Waals surface area contributed by atoms with Crippen molar-refractivity contribution >= 4 is 5.52 Å². The molecular formula is C16H18N6O. The molecule has 7 nitrogen and oxygen atoms in total. The number of piperidine rings is 1. The van der Waals surface area contributed by atoms with E-state index in [0.29, 0.717) is 11.8 Å². The van der Waals surface area contributed by atoms with Gasteiger partial charge in [-0.1, -0.05) is 0 Å². The van der Waals surface area contributed by atoms with E-state index in [0.717, 1.165) is 48.3 Å². The predicted molar refractivity (Wildman–Crippen MR) is 84.0 cm³/mol. The number of rotatable bonds is 4. The van der Waals surface area contributed by atoms with Gasteiger partial charge in [0.25, 0.3) is 0 Å². The Balaban J connectivity index is 1.45. The Morgan fingerprint density at radius 2 is 2.13 bits per heavy atom. The van der Waals surface area contributed by atoms with Crippen LogP contribution in [0.2, 0.25) is 0 Å². The Hall–Kier alpha value is -2.41.